The average molecular weight is 497 g/mol. The molecule has 0 spiro atoms. The van der Waals surface area contributed by atoms with E-state index in [1.54, 1.807) is 23.3 Å². The van der Waals surface area contributed by atoms with E-state index in [2.05, 4.69) is 15.4 Å². The number of pyridine rings is 1. The van der Waals surface area contributed by atoms with Crippen molar-refractivity contribution in [3.05, 3.63) is 107 Å². The molecule has 0 aliphatic rings. The Morgan fingerprint density at radius 3 is 2.24 bits per heavy atom. The first kappa shape index (κ1) is 24.2. The molecule has 5 aromatic rings. The Labute approximate surface area is 214 Å². The van der Waals surface area contributed by atoms with Crippen LogP contribution in [0.3, 0.4) is 0 Å². The maximum Gasteiger partial charge on any atom is 0.263 e. The smallest absolute Gasteiger partial charge is 0.263 e. The molecule has 5 rings (SSSR count). The van der Waals surface area contributed by atoms with Crippen LogP contribution >= 0.6 is 0 Å². The lowest BCUT2D eigenvalue weighted by atomic mass is 9.82. The summed E-state index contributed by atoms with van der Waals surface area (Å²) in [6.45, 7) is 4.57. The van der Waals surface area contributed by atoms with E-state index < -0.39 is 11.5 Å². The minimum absolute atomic E-state index is 0.207. The Kier molecular flexibility index (Phi) is 6.45. The summed E-state index contributed by atoms with van der Waals surface area (Å²) in [6, 6.07) is 20.6. The third-order valence-corrected chi connectivity index (χ3v) is 6.43. The van der Waals surface area contributed by atoms with Gasteiger partial charge >= 0.3 is 0 Å². The number of imidazole rings is 1. The number of benzene rings is 2. The monoisotopic (exact) mass is 496 g/mol. The predicted octanol–water partition coefficient (Wildman–Crippen LogP) is 4.05. The molecular formula is C28H28N6O3. The lowest BCUT2D eigenvalue weighted by molar-refractivity contribution is 0.102. The van der Waals surface area contributed by atoms with E-state index in [-0.39, 0.29) is 5.95 Å². The number of amides is 1. The number of carbonyl (C=O) groups is 1. The van der Waals surface area contributed by atoms with Crippen LogP contribution in [0.4, 0.5) is 5.95 Å². The first-order chi connectivity index (χ1) is 18.0. The second-order valence-electron chi connectivity index (χ2n) is 8.56. The van der Waals surface area contributed by atoms with Crippen LogP contribution in [0, 0.1) is 0 Å². The van der Waals surface area contributed by atoms with Crippen molar-refractivity contribution in [2.24, 2.45) is 0 Å². The minimum atomic E-state index is -1.51. The molecule has 37 heavy (non-hydrogen) atoms. The molecule has 9 nitrogen and oxygen atoms in total. The molecule has 188 valence electrons. The van der Waals surface area contributed by atoms with Gasteiger partial charge in [-0.1, -0.05) is 67.6 Å². The van der Waals surface area contributed by atoms with Gasteiger partial charge in [-0.2, -0.15) is 0 Å². The molecule has 0 unspecified atom stereocenters. The van der Waals surface area contributed by atoms with Gasteiger partial charge in [0.1, 0.15) is 23.4 Å². The third-order valence-electron chi connectivity index (χ3n) is 6.43. The molecule has 0 saturated heterocycles. The molecule has 3 heterocycles. The summed E-state index contributed by atoms with van der Waals surface area (Å²) in [5, 5.41) is 19.3. The number of nitrogens with one attached hydrogen (secondary N) is 1. The van der Waals surface area contributed by atoms with Crippen molar-refractivity contribution in [2.45, 2.75) is 32.4 Å². The largest absolute Gasteiger partial charge is 0.496 e. The normalized spacial score (nSPS) is 11.6. The van der Waals surface area contributed by atoms with Crippen LogP contribution in [0.2, 0.25) is 0 Å². The molecule has 0 radical (unpaired) electrons. The predicted molar refractivity (Wildman–Crippen MR) is 140 cm³/mol. The molecule has 0 aliphatic carbocycles. The summed E-state index contributed by atoms with van der Waals surface area (Å²) in [5.74, 6) is 0.145. The highest BCUT2D eigenvalue weighted by Crippen LogP contribution is 2.39. The van der Waals surface area contributed by atoms with Crippen LogP contribution in [0.15, 0.2) is 79.3 Å². The zero-order valence-corrected chi connectivity index (χ0v) is 20.9. The molecule has 0 aliphatic heterocycles. The average Bonchev–Trinajstić information content (AvgIpc) is 3.56. The Balaban J connectivity index is 1.68. The summed E-state index contributed by atoms with van der Waals surface area (Å²) in [4.78, 5) is 22.2. The van der Waals surface area contributed by atoms with E-state index in [0.717, 1.165) is 5.69 Å². The van der Waals surface area contributed by atoms with Gasteiger partial charge in [-0.05, 0) is 24.5 Å². The lowest BCUT2D eigenvalue weighted by Crippen LogP contribution is -2.30. The number of hydrogen-bond acceptors (Lipinski definition) is 6. The van der Waals surface area contributed by atoms with E-state index in [1.807, 2.05) is 78.9 Å². The van der Waals surface area contributed by atoms with E-state index in [0.29, 0.717) is 46.7 Å². The van der Waals surface area contributed by atoms with Crippen molar-refractivity contribution in [2.75, 3.05) is 12.4 Å². The molecule has 0 fully saturated rings. The van der Waals surface area contributed by atoms with Crippen LogP contribution in [0.1, 0.15) is 46.7 Å². The highest BCUT2D eigenvalue weighted by molar-refractivity contribution is 6.05. The van der Waals surface area contributed by atoms with Gasteiger partial charge < -0.3 is 14.2 Å². The zero-order chi connectivity index (χ0) is 26.0. The number of methoxy groups -OCH3 is 1. The molecule has 1 amide bonds. The van der Waals surface area contributed by atoms with Gasteiger partial charge in [0.25, 0.3) is 5.91 Å². The third kappa shape index (κ3) is 4.23. The minimum Gasteiger partial charge on any atom is -0.496 e. The van der Waals surface area contributed by atoms with Gasteiger partial charge in [0.05, 0.1) is 12.7 Å². The molecule has 2 N–H and O–H groups in total. The fourth-order valence-corrected chi connectivity index (χ4v) is 4.56. The lowest BCUT2D eigenvalue weighted by Gasteiger charge is -2.29. The SMILES string of the molecule is CCc1c(C(O)(c2ccccc2)c2ccccc2)nc2cc(OC)c(C(=O)Nc3ncn(CC)n3)cn12. The van der Waals surface area contributed by atoms with Crippen molar-refractivity contribution in [3.8, 4) is 5.75 Å². The Morgan fingerprint density at radius 1 is 1.05 bits per heavy atom. The fraction of sp³-hybridized carbons (Fsp3) is 0.214. The van der Waals surface area contributed by atoms with Crippen LogP contribution in [-0.4, -0.2) is 42.3 Å². The molecule has 3 aromatic heterocycles. The number of carbonyl (C=O) groups excluding carboxylic acids is 1. The number of rotatable bonds is 8. The Bertz CT molecular complexity index is 1500. The molecule has 2 aromatic carbocycles. The molecule has 9 heteroatoms. The van der Waals surface area contributed by atoms with Crippen LogP contribution in [0.25, 0.3) is 5.65 Å². The van der Waals surface area contributed by atoms with E-state index >= 15 is 0 Å². The van der Waals surface area contributed by atoms with Crippen molar-refractivity contribution in [1.29, 1.82) is 0 Å². The van der Waals surface area contributed by atoms with Crippen LogP contribution in [0.5, 0.6) is 5.75 Å². The fourth-order valence-electron chi connectivity index (χ4n) is 4.56. The van der Waals surface area contributed by atoms with Gasteiger partial charge in [-0.15, -0.1) is 5.10 Å². The molecular weight excluding hydrogens is 468 g/mol. The molecule has 0 atom stereocenters. The van der Waals surface area contributed by atoms with E-state index in [9.17, 15) is 9.90 Å². The van der Waals surface area contributed by atoms with Crippen LogP contribution < -0.4 is 10.1 Å². The van der Waals surface area contributed by atoms with E-state index in [4.69, 9.17) is 9.72 Å². The Hall–Kier alpha value is -4.50. The highest BCUT2D eigenvalue weighted by atomic mass is 16.5. The van der Waals surface area contributed by atoms with E-state index in [1.165, 1.54) is 7.11 Å². The standard InChI is InChI=1S/C28H28N6O3/c1-4-22-25(28(36,19-12-8-6-9-13-19)20-14-10-7-11-15-20)30-24-16-23(37-3)21(17-34(22)24)26(35)31-27-29-18-33(5-2)32-27/h6-18,36H,4-5H2,1-3H3,(H,31,32,35). The summed E-state index contributed by atoms with van der Waals surface area (Å²) in [7, 11) is 1.50. The quantitative estimate of drug-likeness (QED) is 0.336. The summed E-state index contributed by atoms with van der Waals surface area (Å²) >= 11 is 0. The molecule has 0 bridgehead atoms. The first-order valence-corrected chi connectivity index (χ1v) is 12.1. The van der Waals surface area contributed by atoms with Gasteiger partial charge in [0, 0.05) is 24.5 Å². The van der Waals surface area contributed by atoms with Crippen molar-refractivity contribution in [1.82, 2.24) is 24.1 Å². The highest BCUT2D eigenvalue weighted by Gasteiger charge is 2.39. The Morgan fingerprint density at radius 2 is 1.70 bits per heavy atom. The summed E-state index contributed by atoms with van der Waals surface area (Å²) in [6.07, 6.45) is 3.81. The summed E-state index contributed by atoms with van der Waals surface area (Å²) < 4.78 is 9.02. The number of fused-ring (bicyclic) bond motifs is 1. The van der Waals surface area contributed by atoms with Crippen LogP contribution in [-0.2, 0) is 18.6 Å². The van der Waals surface area contributed by atoms with Gasteiger partial charge in [0.15, 0.2) is 5.60 Å². The van der Waals surface area contributed by atoms with Crippen molar-refractivity contribution < 1.29 is 14.6 Å². The second kappa shape index (κ2) is 9.87. The maximum absolute atomic E-state index is 13.2. The van der Waals surface area contributed by atoms with Crippen molar-refractivity contribution >= 4 is 17.5 Å². The number of ether oxygens (including phenoxy) is 1. The first-order valence-electron chi connectivity index (χ1n) is 12.1. The number of aryl methyl sites for hydroxylation is 2. The zero-order valence-electron chi connectivity index (χ0n) is 20.9. The molecule has 0 saturated carbocycles. The van der Waals surface area contributed by atoms with Crippen molar-refractivity contribution in [3.63, 3.8) is 0 Å². The topological polar surface area (TPSA) is 107 Å². The van der Waals surface area contributed by atoms with Gasteiger partial charge in [0.2, 0.25) is 5.95 Å². The number of nitrogens with zero attached hydrogens (tertiary/aromatic N) is 5. The number of hydrogen-bond donors (Lipinski definition) is 2. The van der Waals surface area contributed by atoms with Gasteiger partial charge in [-0.3, -0.25) is 14.8 Å². The maximum atomic E-state index is 13.2. The van der Waals surface area contributed by atoms with Gasteiger partial charge in [-0.25, -0.2) is 9.97 Å². The second-order valence-corrected chi connectivity index (χ2v) is 8.56. The number of aromatic nitrogens is 5. The number of aliphatic hydroxyl groups is 1. The number of anilines is 1. The summed E-state index contributed by atoms with van der Waals surface area (Å²) in [5.41, 5.74) is 2.00.